The molecule has 140 valence electrons. The molecule has 1 N–H and O–H groups in total. The number of nitrogens with zero attached hydrogens (tertiary/aromatic N) is 3. The zero-order valence-electron chi connectivity index (χ0n) is 18.8. The molecule has 0 saturated heterocycles. The summed E-state index contributed by atoms with van der Waals surface area (Å²) in [5.74, 6) is 0. The summed E-state index contributed by atoms with van der Waals surface area (Å²) < 4.78 is 0. The number of halogens is 2. The van der Waals surface area contributed by atoms with Gasteiger partial charge in [0.15, 0.2) is 0 Å². The molecule has 25 heavy (non-hydrogen) atoms. The smallest absolute Gasteiger partial charge is 1.00 e. The van der Waals surface area contributed by atoms with Crippen molar-refractivity contribution in [3.05, 3.63) is 10.6 Å². The Hall–Kier alpha value is 2.26. The van der Waals surface area contributed by atoms with Gasteiger partial charge in [0, 0.05) is 0 Å². The molecule has 0 heterocycles. The topological polar surface area (TPSA) is 35.9 Å². The SMILES string of the molecule is CN(C)CC[N-]C(C)(C)C.C[NH+](C)CC[N-]C(C)(C)C.[Cl][Zn][Cl].[Li+].[Zn+2]. The monoisotopic (exact) mass is 492 g/mol. The molecule has 9 heteroatoms. The third-order valence-electron chi connectivity index (χ3n) is 2.33. The minimum absolute atomic E-state index is 0. The van der Waals surface area contributed by atoms with Crippen LogP contribution in [0, 0.1) is 0 Å². The second kappa shape index (κ2) is 22.6. The van der Waals surface area contributed by atoms with E-state index in [0.717, 1.165) is 26.2 Å². The van der Waals surface area contributed by atoms with Crippen molar-refractivity contribution < 1.29 is 58.4 Å². The first-order valence-electron chi connectivity index (χ1n) is 8.18. The van der Waals surface area contributed by atoms with Gasteiger partial charge in [-0.3, -0.25) is 0 Å². The zero-order valence-corrected chi connectivity index (χ0v) is 26.3. The minimum atomic E-state index is -0.931. The second-order valence-corrected chi connectivity index (χ2v) is 12.6. The Bertz CT molecular complexity index is 225. The van der Waals surface area contributed by atoms with Gasteiger partial charge < -0.3 is 20.4 Å². The molecule has 0 rings (SSSR count). The van der Waals surface area contributed by atoms with E-state index in [-0.39, 0.29) is 49.4 Å². The van der Waals surface area contributed by atoms with Gasteiger partial charge in [-0.25, -0.2) is 0 Å². The Morgan fingerprint density at radius 1 is 0.880 bits per heavy atom. The first-order chi connectivity index (χ1) is 10.2. The maximum absolute atomic E-state index is 4.95. The van der Waals surface area contributed by atoms with Crippen molar-refractivity contribution in [3.63, 3.8) is 0 Å². The zero-order chi connectivity index (χ0) is 19.1. The molecule has 0 spiro atoms. The molecule has 0 fully saturated rings. The molecule has 0 aromatic rings. The van der Waals surface area contributed by atoms with E-state index in [1.807, 2.05) is 0 Å². The molecule has 0 bridgehead atoms. The van der Waals surface area contributed by atoms with Gasteiger partial charge >= 0.3 is 72.9 Å². The maximum atomic E-state index is 4.95. The summed E-state index contributed by atoms with van der Waals surface area (Å²) in [6.07, 6.45) is 0. The Morgan fingerprint density at radius 2 is 1.20 bits per heavy atom. The van der Waals surface area contributed by atoms with Crippen LogP contribution in [0.3, 0.4) is 0 Å². The van der Waals surface area contributed by atoms with Crippen LogP contribution in [0.1, 0.15) is 41.5 Å². The number of rotatable bonds is 6. The average Bonchev–Trinajstić information content (AvgIpc) is 2.25. The van der Waals surface area contributed by atoms with Crippen LogP contribution in [-0.2, 0) is 34.6 Å². The number of nitrogens with one attached hydrogen (secondary N) is 1. The van der Waals surface area contributed by atoms with Gasteiger partial charge in [0.2, 0.25) is 0 Å². The molecule has 0 amide bonds. The fourth-order valence-electron chi connectivity index (χ4n) is 1.20. The number of hydrogen-bond donors (Lipinski definition) is 1. The van der Waals surface area contributed by atoms with Crippen molar-refractivity contribution in [1.29, 1.82) is 0 Å². The largest absolute Gasteiger partial charge is 2.00 e. The van der Waals surface area contributed by atoms with E-state index < -0.39 is 15.1 Å². The van der Waals surface area contributed by atoms with Gasteiger partial charge in [-0.2, -0.15) is 0 Å². The number of hydrogen-bond acceptors (Lipinski definition) is 1. The summed E-state index contributed by atoms with van der Waals surface area (Å²) in [6.45, 7) is 16.9. The predicted octanol–water partition coefficient (Wildman–Crippen LogP) is 0.401. The van der Waals surface area contributed by atoms with Crippen molar-refractivity contribution in [2.45, 2.75) is 52.6 Å². The number of likely N-dealkylation sites (N-methyl/N-ethyl adjacent to an activating group) is 2. The van der Waals surface area contributed by atoms with Crippen LogP contribution < -0.4 is 23.8 Å². The molecular weight excluding hydrogens is 457 g/mol. The molecule has 0 aromatic heterocycles. The van der Waals surface area contributed by atoms with Crippen LogP contribution in [0.5, 0.6) is 0 Å². The molecule has 0 aromatic carbocycles. The molecule has 0 aliphatic rings. The first-order valence-corrected chi connectivity index (χ1v) is 16.0. The molecule has 0 aliphatic carbocycles. The van der Waals surface area contributed by atoms with Crippen LogP contribution in [0.4, 0.5) is 0 Å². The van der Waals surface area contributed by atoms with E-state index in [2.05, 4.69) is 85.3 Å². The Labute approximate surface area is 198 Å². The average molecular weight is 496 g/mol. The fourth-order valence-corrected chi connectivity index (χ4v) is 1.20. The third-order valence-corrected chi connectivity index (χ3v) is 2.33. The molecule has 0 saturated carbocycles. The van der Waals surface area contributed by atoms with E-state index in [4.69, 9.17) is 19.4 Å². The van der Waals surface area contributed by atoms with Crippen LogP contribution in [0.25, 0.3) is 10.6 Å². The summed E-state index contributed by atoms with van der Waals surface area (Å²) in [4.78, 5) is 3.61. The Kier molecular flexibility index (Phi) is 34.2. The van der Waals surface area contributed by atoms with E-state index in [1.165, 1.54) is 4.90 Å². The van der Waals surface area contributed by atoms with Crippen molar-refractivity contribution in [2.75, 3.05) is 54.4 Å². The van der Waals surface area contributed by atoms with E-state index in [0.29, 0.717) is 0 Å². The predicted molar refractivity (Wildman–Crippen MR) is 104 cm³/mol. The standard InChI is InChI=1S/2C8H19N2.2ClH.Li.2Zn/c2*1-8(2,3)9-6-7-10(4)5;;;;;/h2*6-7H2,1-5H3;2*1H;;;/q2*-1;;;+1;2*+2/p-1. The summed E-state index contributed by atoms with van der Waals surface area (Å²) in [6, 6.07) is 0. The third kappa shape index (κ3) is 58.5. The summed E-state index contributed by atoms with van der Waals surface area (Å²) in [5, 5.41) is 8.93. The van der Waals surface area contributed by atoms with E-state index >= 15 is 0 Å². The maximum Gasteiger partial charge on any atom is 2.00 e. The van der Waals surface area contributed by atoms with Gasteiger partial charge in [-0.15, -0.1) is 17.6 Å². The van der Waals surface area contributed by atoms with Crippen molar-refractivity contribution >= 4 is 19.4 Å². The fraction of sp³-hybridized carbons (Fsp3) is 1.00. The van der Waals surface area contributed by atoms with Crippen molar-refractivity contribution in [3.8, 4) is 0 Å². The molecule has 0 aliphatic heterocycles. The van der Waals surface area contributed by atoms with E-state index in [9.17, 15) is 0 Å². The van der Waals surface area contributed by atoms with Gasteiger partial charge in [-0.05, 0) is 20.6 Å². The quantitative estimate of drug-likeness (QED) is 0.532. The summed E-state index contributed by atoms with van der Waals surface area (Å²) in [7, 11) is 18.3. The second-order valence-electron chi connectivity index (χ2n) is 7.97. The molecule has 0 radical (unpaired) electrons. The van der Waals surface area contributed by atoms with Crippen LogP contribution >= 0.6 is 19.4 Å². The summed E-state index contributed by atoms with van der Waals surface area (Å²) >= 11 is -0.931. The van der Waals surface area contributed by atoms with E-state index in [1.54, 1.807) is 0 Å². The van der Waals surface area contributed by atoms with Crippen LogP contribution in [0.15, 0.2) is 0 Å². The Balaban J connectivity index is -0.0000000861. The van der Waals surface area contributed by atoms with Gasteiger partial charge in [0.05, 0.1) is 20.6 Å². The van der Waals surface area contributed by atoms with Gasteiger partial charge in [0.25, 0.3) is 0 Å². The molecule has 0 atom stereocenters. The molecule has 0 unspecified atom stereocenters. The number of quaternary nitrogens is 1. The van der Waals surface area contributed by atoms with Crippen molar-refractivity contribution in [2.24, 2.45) is 0 Å². The van der Waals surface area contributed by atoms with Crippen LogP contribution in [0.2, 0.25) is 0 Å². The summed E-state index contributed by atoms with van der Waals surface area (Å²) in [5.41, 5.74) is 0.283. The first kappa shape index (κ1) is 37.9. The van der Waals surface area contributed by atoms with Crippen molar-refractivity contribution in [1.82, 2.24) is 4.90 Å². The molecule has 4 nitrogen and oxygen atoms in total. The van der Waals surface area contributed by atoms with Gasteiger partial charge in [0.1, 0.15) is 0 Å². The van der Waals surface area contributed by atoms with Gasteiger partial charge in [-0.1, -0.05) is 48.1 Å². The normalized spacial score (nSPS) is 10.5. The van der Waals surface area contributed by atoms with Crippen LogP contribution in [-0.4, -0.2) is 70.3 Å². The minimum Gasteiger partial charge on any atom is 1.00 e. The molecular formula is C16H39Cl2LiN4Zn2+2. The Morgan fingerprint density at radius 3 is 1.44 bits per heavy atom.